The molecule has 0 unspecified atom stereocenters. The Hall–Kier alpha value is -2.11. The van der Waals surface area contributed by atoms with Gasteiger partial charge in [-0.15, -0.1) is 0 Å². The Labute approximate surface area is 91.0 Å². The van der Waals surface area contributed by atoms with Gasteiger partial charge in [0.05, 0.1) is 5.69 Å². The standard InChI is InChI=1S/C10H10FN3O2/c1-6-9(14-16-13-6)5-15-10-7(11)3-2-4-8(10)12/h2-4H,5,12H2,1H3. The highest BCUT2D eigenvalue weighted by molar-refractivity contribution is 5.52. The monoisotopic (exact) mass is 223 g/mol. The highest BCUT2D eigenvalue weighted by Gasteiger charge is 2.10. The van der Waals surface area contributed by atoms with E-state index >= 15 is 0 Å². The normalized spacial score (nSPS) is 10.4. The number of anilines is 1. The molecule has 2 rings (SSSR count). The number of aromatic nitrogens is 2. The molecule has 0 aliphatic heterocycles. The third-order valence-corrected chi connectivity index (χ3v) is 2.10. The van der Waals surface area contributed by atoms with E-state index < -0.39 is 5.82 Å². The van der Waals surface area contributed by atoms with E-state index in [9.17, 15) is 4.39 Å². The van der Waals surface area contributed by atoms with Crippen LogP contribution in [0.25, 0.3) is 0 Å². The van der Waals surface area contributed by atoms with E-state index in [2.05, 4.69) is 14.9 Å². The number of ether oxygens (including phenoxy) is 1. The molecular formula is C10H10FN3O2. The van der Waals surface area contributed by atoms with Gasteiger partial charge in [0, 0.05) is 0 Å². The van der Waals surface area contributed by atoms with Crippen LogP contribution in [0, 0.1) is 12.7 Å². The average molecular weight is 223 g/mol. The van der Waals surface area contributed by atoms with Gasteiger partial charge in [-0.05, 0) is 19.1 Å². The van der Waals surface area contributed by atoms with E-state index in [4.69, 9.17) is 10.5 Å². The lowest BCUT2D eigenvalue weighted by Gasteiger charge is -2.07. The van der Waals surface area contributed by atoms with Crippen LogP contribution in [0.2, 0.25) is 0 Å². The second-order valence-electron chi connectivity index (χ2n) is 3.24. The van der Waals surface area contributed by atoms with Gasteiger partial charge in [-0.1, -0.05) is 16.4 Å². The maximum absolute atomic E-state index is 13.3. The van der Waals surface area contributed by atoms with E-state index in [1.54, 1.807) is 13.0 Å². The Morgan fingerprint density at radius 2 is 2.25 bits per heavy atom. The van der Waals surface area contributed by atoms with Gasteiger partial charge < -0.3 is 10.5 Å². The second kappa shape index (κ2) is 4.18. The largest absolute Gasteiger partial charge is 0.482 e. The fourth-order valence-electron chi connectivity index (χ4n) is 1.20. The van der Waals surface area contributed by atoms with Gasteiger partial charge in [0.1, 0.15) is 18.0 Å². The Morgan fingerprint density at radius 1 is 1.44 bits per heavy atom. The topological polar surface area (TPSA) is 74.2 Å². The van der Waals surface area contributed by atoms with Crippen LogP contribution < -0.4 is 10.5 Å². The summed E-state index contributed by atoms with van der Waals surface area (Å²) in [5.41, 5.74) is 6.94. The molecule has 5 nitrogen and oxygen atoms in total. The van der Waals surface area contributed by atoms with Gasteiger partial charge in [0.2, 0.25) is 0 Å². The lowest BCUT2D eigenvalue weighted by molar-refractivity contribution is 0.263. The fraction of sp³-hybridized carbons (Fsp3) is 0.200. The summed E-state index contributed by atoms with van der Waals surface area (Å²) in [4.78, 5) is 0. The van der Waals surface area contributed by atoms with Crippen molar-refractivity contribution in [1.82, 2.24) is 10.3 Å². The summed E-state index contributed by atoms with van der Waals surface area (Å²) in [6, 6.07) is 4.35. The van der Waals surface area contributed by atoms with E-state index in [1.165, 1.54) is 12.1 Å². The first kappa shape index (κ1) is 10.4. The summed E-state index contributed by atoms with van der Waals surface area (Å²) < 4.78 is 23.0. The Morgan fingerprint density at radius 3 is 2.88 bits per heavy atom. The number of benzene rings is 1. The zero-order valence-corrected chi connectivity index (χ0v) is 8.61. The number of rotatable bonds is 3. The van der Waals surface area contributed by atoms with E-state index in [-0.39, 0.29) is 18.0 Å². The first-order valence-corrected chi connectivity index (χ1v) is 4.63. The lowest BCUT2D eigenvalue weighted by Crippen LogP contribution is -2.02. The summed E-state index contributed by atoms with van der Waals surface area (Å²) in [7, 11) is 0. The number of nitrogens with zero attached hydrogens (tertiary/aromatic N) is 2. The van der Waals surface area contributed by atoms with Gasteiger partial charge >= 0.3 is 0 Å². The van der Waals surface area contributed by atoms with Crippen LogP contribution in [0.15, 0.2) is 22.8 Å². The van der Waals surface area contributed by atoms with Crippen LogP contribution in [0.5, 0.6) is 5.75 Å². The molecule has 16 heavy (non-hydrogen) atoms. The van der Waals surface area contributed by atoms with Crippen LogP contribution in [0.4, 0.5) is 10.1 Å². The molecule has 0 saturated carbocycles. The van der Waals surface area contributed by atoms with Crippen LogP contribution in [-0.2, 0) is 6.61 Å². The van der Waals surface area contributed by atoms with Crippen molar-refractivity contribution >= 4 is 5.69 Å². The third kappa shape index (κ3) is 1.95. The van der Waals surface area contributed by atoms with Crippen molar-refractivity contribution in [2.24, 2.45) is 0 Å². The quantitative estimate of drug-likeness (QED) is 0.801. The number of halogens is 1. The second-order valence-corrected chi connectivity index (χ2v) is 3.24. The molecule has 0 aliphatic rings. The smallest absolute Gasteiger partial charge is 0.178 e. The van der Waals surface area contributed by atoms with Gasteiger partial charge in [-0.3, -0.25) is 0 Å². The summed E-state index contributed by atoms with van der Waals surface area (Å²) >= 11 is 0. The first-order chi connectivity index (χ1) is 7.68. The van der Waals surface area contributed by atoms with Crippen LogP contribution >= 0.6 is 0 Å². The third-order valence-electron chi connectivity index (χ3n) is 2.10. The Bertz CT molecular complexity index is 478. The minimum absolute atomic E-state index is 0.0184. The maximum atomic E-state index is 13.3. The SMILES string of the molecule is Cc1nonc1COc1c(N)cccc1F. The van der Waals surface area contributed by atoms with Gasteiger partial charge in [-0.2, -0.15) is 0 Å². The maximum Gasteiger partial charge on any atom is 0.178 e. The summed E-state index contributed by atoms with van der Waals surface area (Å²) in [5, 5.41) is 7.20. The van der Waals surface area contributed by atoms with E-state index in [0.29, 0.717) is 11.4 Å². The summed E-state index contributed by atoms with van der Waals surface area (Å²) in [5.74, 6) is -0.487. The van der Waals surface area contributed by atoms with Gasteiger partial charge in [-0.25, -0.2) is 9.02 Å². The molecule has 0 atom stereocenters. The minimum atomic E-state index is -0.505. The number of para-hydroxylation sites is 1. The van der Waals surface area contributed by atoms with Crippen molar-refractivity contribution in [3.63, 3.8) is 0 Å². The van der Waals surface area contributed by atoms with Crippen molar-refractivity contribution in [3.05, 3.63) is 35.4 Å². The first-order valence-electron chi connectivity index (χ1n) is 4.63. The molecule has 1 heterocycles. The molecule has 0 fully saturated rings. The molecule has 2 N–H and O–H groups in total. The lowest BCUT2D eigenvalue weighted by atomic mass is 10.3. The molecule has 0 saturated heterocycles. The average Bonchev–Trinajstić information content (AvgIpc) is 2.64. The number of aryl methyl sites for hydroxylation is 1. The Balaban J connectivity index is 2.14. The Kier molecular flexibility index (Phi) is 2.72. The fourth-order valence-corrected chi connectivity index (χ4v) is 1.20. The molecule has 1 aromatic carbocycles. The molecule has 2 aromatic rings. The molecule has 0 amide bonds. The van der Waals surface area contributed by atoms with Crippen molar-refractivity contribution < 1.29 is 13.8 Å². The molecule has 84 valence electrons. The van der Waals surface area contributed by atoms with Crippen LogP contribution in [0.3, 0.4) is 0 Å². The number of hydrogen-bond acceptors (Lipinski definition) is 5. The predicted octanol–water partition coefficient (Wildman–Crippen LogP) is 1.68. The molecular weight excluding hydrogens is 213 g/mol. The highest BCUT2D eigenvalue weighted by atomic mass is 19.1. The number of hydrogen-bond donors (Lipinski definition) is 1. The van der Waals surface area contributed by atoms with Crippen molar-refractivity contribution in [1.29, 1.82) is 0 Å². The summed E-state index contributed by atoms with van der Waals surface area (Å²) in [6.45, 7) is 1.79. The van der Waals surface area contributed by atoms with Crippen molar-refractivity contribution in [3.8, 4) is 5.75 Å². The van der Waals surface area contributed by atoms with E-state index in [0.717, 1.165) is 0 Å². The van der Waals surface area contributed by atoms with Crippen LogP contribution in [-0.4, -0.2) is 10.3 Å². The molecule has 0 bridgehead atoms. The van der Waals surface area contributed by atoms with Crippen molar-refractivity contribution in [2.75, 3.05) is 5.73 Å². The van der Waals surface area contributed by atoms with Crippen molar-refractivity contribution in [2.45, 2.75) is 13.5 Å². The molecule has 6 heteroatoms. The zero-order chi connectivity index (χ0) is 11.5. The molecule has 0 spiro atoms. The number of nitrogens with two attached hydrogens (primary N) is 1. The zero-order valence-electron chi connectivity index (χ0n) is 8.61. The van der Waals surface area contributed by atoms with Gasteiger partial charge in [0.15, 0.2) is 11.6 Å². The van der Waals surface area contributed by atoms with Gasteiger partial charge in [0.25, 0.3) is 0 Å². The minimum Gasteiger partial charge on any atom is -0.482 e. The summed E-state index contributed by atoms with van der Waals surface area (Å²) in [6.07, 6.45) is 0. The predicted molar refractivity (Wildman–Crippen MR) is 54.2 cm³/mol. The van der Waals surface area contributed by atoms with Crippen LogP contribution in [0.1, 0.15) is 11.4 Å². The van der Waals surface area contributed by atoms with E-state index in [1.807, 2.05) is 0 Å². The number of nitrogen functional groups attached to an aromatic ring is 1. The molecule has 0 aliphatic carbocycles. The molecule has 1 aromatic heterocycles. The molecule has 0 radical (unpaired) electrons. The highest BCUT2D eigenvalue weighted by Crippen LogP contribution is 2.25.